The van der Waals surface area contributed by atoms with Crippen LogP contribution in [0.4, 0.5) is 0 Å². The molecule has 3 nitrogen and oxygen atoms in total. The van der Waals surface area contributed by atoms with E-state index in [1.807, 2.05) is 11.8 Å². The fraction of sp³-hybridized carbons (Fsp3) is 0.825. The number of hydrogen-bond donors (Lipinski definition) is 0. The van der Waals surface area contributed by atoms with E-state index in [9.17, 15) is 4.79 Å². The van der Waals surface area contributed by atoms with Gasteiger partial charge in [-0.05, 0) is 114 Å². The first-order valence-electron chi connectivity index (χ1n) is 18.7. The predicted molar refractivity (Wildman–Crippen MR) is 186 cm³/mol. The topological polar surface area (TPSA) is 35.5 Å². The van der Waals surface area contributed by atoms with Gasteiger partial charge in [-0.15, -0.1) is 11.8 Å². The number of thioether (sulfide) groups is 1. The molecular weight excluding hydrogens is 561 g/mol. The van der Waals surface area contributed by atoms with Gasteiger partial charge in [0.15, 0.2) is 0 Å². The Bertz CT molecular complexity index is 945. The molecular formula is C40H62O3S. The van der Waals surface area contributed by atoms with Gasteiger partial charge in [0.1, 0.15) is 0 Å². The van der Waals surface area contributed by atoms with Gasteiger partial charge >= 0.3 is 5.97 Å². The lowest BCUT2D eigenvalue weighted by molar-refractivity contribution is -0.137. The summed E-state index contributed by atoms with van der Waals surface area (Å²) in [6.45, 7) is 7.07. The van der Waals surface area contributed by atoms with E-state index in [2.05, 4.69) is 37.2 Å². The zero-order valence-corrected chi connectivity index (χ0v) is 28.8. The zero-order valence-electron chi connectivity index (χ0n) is 28.0. The lowest BCUT2D eigenvalue weighted by atomic mass is 9.69. The molecule has 0 aromatic carbocycles. The van der Waals surface area contributed by atoms with Crippen LogP contribution in [0.25, 0.3) is 0 Å². The Kier molecular flexibility index (Phi) is 16.7. The van der Waals surface area contributed by atoms with Gasteiger partial charge in [-0.1, -0.05) is 82.1 Å². The van der Waals surface area contributed by atoms with Crippen LogP contribution in [0, 0.1) is 53.3 Å². The van der Waals surface area contributed by atoms with Crippen LogP contribution in [0.5, 0.6) is 0 Å². The van der Waals surface area contributed by atoms with Crippen LogP contribution in [0.1, 0.15) is 148 Å². The first-order chi connectivity index (χ1) is 21.6. The number of unbranched alkanes of at least 4 members (excludes halogenated alkanes) is 5. The molecule has 2 atom stereocenters. The van der Waals surface area contributed by atoms with Gasteiger partial charge < -0.3 is 9.47 Å². The van der Waals surface area contributed by atoms with Gasteiger partial charge in [-0.3, -0.25) is 0 Å². The van der Waals surface area contributed by atoms with Crippen molar-refractivity contribution in [2.45, 2.75) is 165 Å². The highest BCUT2D eigenvalue weighted by Crippen LogP contribution is 2.42. The third-order valence-corrected chi connectivity index (χ3v) is 12.3. The van der Waals surface area contributed by atoms with E-state index in [1.54, 1.807) is 0 Å². The zero-order chi connectivity index (χ0) is 30.8. The number of hydrogen-bond acceptors (Lipinski definition) is 4. The van der Waals surface area contributed by atoms with Crippen molar-refractivity contribution in [2.24, 2.45) is 29.6 Å². The summed E-state index contributed by atoms with van der Waals surface area (Å²) in [5.41, 5.74) is 0. The van der Waals surface area contributed by atoms with Gasteiger partial charge in [0.2, 0.25) is 0 Å². The molecule has 0 spiro atoms. The van der Waals surface area contributed by atoms with Crippen molar-refractivity contribution in [2.75, 3.05) is 13.2 Å². The molecule has 4 fully saturated rings. The molecule has 0 bridgehead atoms. The number of carbonyl (C=O) groups excluding carboxylic acids is 1. The fourth-order valence-corrected chi connectivity index (χ4v) is 9.26. The quantitative estimate of drug-likeness (QED) is 0.0836. The van der Waals surface area contributed by atoms with Gasteiger partial charge in [-0.25, -0.2) is 4.79 Å². The molecule has 0 aromatic heterocycles. The highest BCUT2D eigenvalue weighted by molar-refractivity contribution is 8.01. The highest BCUT2D eigenvalue weighted by atomic mass is 32.2. The third-order valence-electron chi connectivity index (χ3n) is 10.9. The molecule has 3 aliphatic carbocycles. The minimum absolute atomic E-state index is 0.327. The van der Waals surface area contributed by atoms with Crippen molar-refractivity contribution in [1.29, 1.82) is 0 Å². The van der Waals surface area contributed by atoms with Gasteiger partial charge in [0.05, 0.1) is 23.2 Å². The SMILES string of the molecule is C=CC(=O)OCCCCCCOC1CCC(C#CC2CCC(C#CC3CCC(C4CCC(CCCCC)CC4)CC3)S2)CC1. The van der Waals surface area contributed by atoms with Crippen LogP contribution < -0.4 is 0 Å². The molecule has 3 saturated carbocycles. The average Bonchev–Trinajstić information content (AvgIpc) is 3.53. The number of carbonyl (C=O) groups is 1. The Morgan fingerprint density at radius 1 is 0.682 bits per heavy atom. The molecule has 0 amide bonds. The van der Waals surface area contributed by atoms with Crippen molar-refractivity contribution >= 4 is 17.7 Å². The van der Waals surface area contributed by atoms with Crippen LogP contribution in [-0.2, 0) is 14.3 Å². The smallest absolute Gasteiger partial charge is 0.330 e. The molecule has 44 heavy (non-hydrogen) atoms. The Balaban J connectivity index is 1.02. The highest BCUT2D eigenvalue weighted by Gasteiger charge is 2.31. The summed E-state index contributed by atoms with van der Waals surface area (Å²) in [5, 5.41) is 0.984. The Morgan fingerprint density at radius 3 is 1.84 bits per heavy atom. The summed E-state index contributed by atoms with van der Waals surface area (Å²) in [7, 11) is 0. The van der Waals surface area contributed by atoms with Crippen LogP contribution in [-0.4, -0.2) is 35.8 Å². The molecule has 1 saturated heterocycles. The second-order valence-corrected chi connectivity index (χ2v) is 15.7. The van der Waals surface area contributed by atoms with Crippen molar-refractivity contribution in [1.82, 2.24) is 0 Å². The van der Waals surface area contributed by atoms with Crippen LogP contribution >= 0.6 is 11.8 Å². The van der Waals surface area contributed by atoms with E-state index < -0.39 is 0 Å². The molecule has 2 unspecified atom stereocenters. The van der Waals surface area contributed by atoms with Crippen LogP contribution in [0.2, 0.25) is 0 Å². The average molecular weight is 623 g/mol. The molecule has 0 aromatic rings. The second-order valence-electron chi connectivity index (χ2n) is 14.3. The Morgan fingerprint density at radius 2 is 1.25 bits per heavy atom. The summed E-state index contributed by atoms with van der Waals surface area (Å²) in [4.78, 5) is 11.0. The van der Waals surface area contributed by atoms with Gasteiger partial charge in [0.25, 0.3) is 0 Å². The number of rotatable bonds is 14. The van der Waals surface area contributed by atoms with Crippen molar-refractivity contribution in [3.63, 3.8) is 0 Å². The van der Waals surface area contributed by atoms with Crippen molar-refractivity contribution in [3.8, 4) is 23.7 Å². The van der Waals surface area contributed by atoms with Crippen LogP contribution in [0.15, 0.2) is 12.7 Å². The summed E-state index contributed by atoms with van der Waals surface area (Å²) >= 11 is 2.04. The van der Waals surface area contributed by atoms with Gasteiger partial charge in [-0.2, -0.15) is 0 Å². The third kappa shape index (κ3) is 13.2. The largest absolute Gasteiger partial charge is 0.463 e. The van der Waals surface area contributed by atoms with E-state index in [1.165, 1.54) is 109 Å². The molecule has 1 heterocycles. The number of esters is 1. The summed E-state index contributed by atoms with van der Waals surface area (Å²) < 4.78 is 11.2. The van der Waals surface area contributed by atoms with Crippen molar-refractivity contribution in [3.05, 3.63) is 12.7 Å². The maximum Gasteiger partial charge on any atom is 0.330 e. The molecule has 4 rings (SSSR count). The summed E-state index contributed by atoms with van der Waals surface area (Å²) in [5.74, 6) is 18.7. The summed E-state index contributed by atoms with van der Waals surface area (Å²) in [6, 6.07) is 0. The van der Waals surface area contributed by atoms with Crippen molar-refractivity contribution < 1.29 is 14.3 Å². The van der Waals surface area contributed by atoms with E-state index in [4.69, 9.17) is 9.47 Å². The molecule has 1 aliphatic heterocycles. The molecule has 0 N–H and O–H groups in total. The van der Waals surface area contributed by atoms with E-state index in [-0.39, 0.29) is 5.97 Å². The maximum atomic E-state index is 11.0. The minimum atomic E-state index is -0.327. The fourth-order valence-electron chi connectivity index (χ4n) is 8.05. The number of ether oxygens (including phenoxy) is 2. The first kappa shape index (κ1) is 35.5. The lowest BCUT2D eigenvalue weighted by Crippen LogP contribution is -2.25. The van der Waals surface area contributed by atoms with E-state index in [0.717, 1.165) is 62.9 Å². The first-order valence-corrected chi connectivity index (χ1v) is 19.7. The predicted octanol–water partition coefficient (Wildman–Crippen LogP) is 10.3. The Hall–Kier alpha value is -1.36. The standard InChI is InChI=1S/C40H62O3S/c1-3-5-8-11-32-12-20-35(21-13-32)36-22-14-33(15-23-36)18-26-38-28-29-39(44-38)27-19-34-16-24-37(25-17-34)42-30-9-6-7-10-31-43-40(41)4-2/h4,32-39H,2-3,5-17,20-25,28-31H2,1H3. The minimum Gasteiger partial charge on any atom is -0.463 e. The van der Waals surface area contributed by atoms with E-state index >= 15 is 0 Å². The molecule has 246 valence electrons. The lowest BCUT2D eigenvalue weighted by Gasteiger charge is -2.37. The van der Waals surface area contributed by atoms with Crippen LogP contribution in [0.3, 0.4) is 0 Å². The maximum absolute atomic E-state index is 11.0. The molecule has 4 aliphatic rings. The normalized spacial score (nSPS) is 32.1. The summed E-state index contributed by atoms with van der Waals surface area (Å²) in [6.07, 6.45) is 30.2. The Labute approximate surface area is 275 Å². The second kappa shape index (κ2) is 20.7. The monoisotopic (exact) mass is 622 g/mol. The molecule has 0 radical (unpaired) electrons. The molecule has 4 heteroatoms. The van der Waals surface area contributed by atoms with E-state index in [0.29, 0.717) is 35.0 Å². The van der Waals surface area contributed by atoms with Gasteiger partial charge in [0, 0.05) is 24.5 Å².